The van der Waals surface area contributed by atoms with Gasteiger partial charge in [-0.25, -0.2) is 0 Å². The summed E-state index contributed by atoms with van der Waals surface area (Å²) in [6.07, 6.45) is 3.34. The number of allylic oxidation sites excluding steroid dienone is 2. The molecule has 0 aromatic carbocycles. The first kappa shape index (κ1) is 8.93. The molecule has 0 radical (unpaired) electrons. The highest BCUT2D eigenvalue weighted by Gasteiger charge is 1.91. The first-order valence-corrected chi connectivity index (χ1v) is 3.24. The van der Waals surface area contributed by atoms with Gasteiger partial charge in [-0.05, 0) is 24.3 Å². The van der Waals surface area contributed by atoms with Crippen LogP contribution in [0, 0.1) is 5.92 Å². The van der Waals surface area contributed by atoms with Gasteiger partial charge in [0, 0.05) is 0 Å². The minimum Gasteiger partial charge on any atom is -0.264 e. The van der Waals surface area contributed by atoms with E-state index in [-0.39, 0.29) is 0 Å². The number of nitrogens with zero attached hydrogens (tertiary/aromatic N) is 1. The fourth-order valence-electron chi connectivity index (χ4n) is 0.364. The van der Waals surface area contributed by atoms with Gasteiger partial charge in [0.05, 0.1) is 6.20 Å². The maximum atomic E-state index is 3.83. The van der Waals surface area contributed by atoms with Gasteiger partial charge in [0.2, 0.25) is 0 Å². The van der Waals surface area contributed by atoms with E-state index in [1.54, 1.807) is 0 Å². The molecule has 1 nitrogen and oxygen atoms in total. The van der Waals surface area contributed by atoms with Crippen LogP contribution in [0.15, 0.2) is 35.2 Å². The molecule has 10 heavy (non-hydrogen) atoms. The highest BCUT2D eigenvalue weighted by molar-refractivity contribution is 5.26. The van der Waals surface area contributed by atoms with Crippen LogP contribution in [0.3, 0.4) is 0 Å². The molecule has 0 aliphatic carbocycles. The third-order valence-corrected chi connectivity index (χ3v) is 1.18. The van der Waals surface area contributed by atoms with Crippen molar-refractivity contribution in [3.05, 3.63) is 30.2 Å². The van der Waals surface area contributed by atoms with E-state index < -0.39 is 0 Å². The van der Waals surface area contributed by atoms with E-state index in [1.165, 1.54) is 6.20 Å². The van der Waals surface area contributed by atoms with Crippen LogP contribution in [-0.4, -0.2) is 6.72 Å². The molecule has 0 saturated heterocycles. The van der Waals surface area contributed by atoms with Crippen molar-refractivity contribution >= 4 is 6.72 Å². The summed E-state index contributed by atoms with van der Waals surface area (Å²) < 4.78 is 0. The SMILES string of the molecule is C=NC=C=CC(=C)C(C)C. The lowest BCUT2D eigenvalue weighted by Crippen LogP contribution is -1.85. The lowest BCUT2D eigenvalue weighted by molar-refractivity contribution is 0.795. The molecule has 54 valence electrons. The Kier molecular flexibility index (Phi) is 4.26. The molecule has 0 fully saturated rings. The maximum Gasteiger partial charge on any atom is 0.0679 e. The third kappa shape index (κ3) is 3.88. The molecule has 0 amide bonds. The predicted octanol–water partition coefficient (Wildman–Crippen LogP) is 2.57. The van der Waals surface area contributed by atoms with Crippen LogP contribution in [0.1, 0.15) is 13.8 Å². The van der Waals surface area contributed by atoms with Crippen molar-refractivity contribution < 1.29 is 0 Å². The van der Waals surface area contributed by atoms with Crippen molar-refractivity contribution in [2.24, 2.45) is 10.9 Å². The van der Waals surface area contributed by atoms with Crippen LogP contribution in [0.5, 0.6) is 0 Å². The molecule has 0 N–H and O–H groups in total. The molecule has 0 aliphatic rings. The first-order chi connectivity index (χ1) is 4.68. The zero-order valence-corrected chi connectivity index (χ0v) is 6.59. The van der Waals surface area contributed by atoms with Crippen LogP contribution in [0.4, 0.5) is 0 Å². The number of aliphatic imine (C=N–C) groups is 1. The van der Waals surface area contributed by atoms with Gasteiger partial charge < -0.3 is 0 Å². The van der Waals surface area contributed by atoms with Crippen molar-refractivity contribution in [2.75, 3.05) is 0 Å². The average molecular weight is 135 g/mol. The molecule has 0 bridgehead atoms. The topological polar surface area (TPSA) is 12.4 Å². The second-order valence-electron chi connectivity index (χ2n) is 2.35. The lowest BCUT2D eigenvalue weighted by Gasteiger charge is -1.99. The molecule has 0 aromatic rings. The number of hydrogen-bond acceptors (Lipinski definition) is 1. The molecular weight excluding hydrogens is 122 g/mol. The highest BCUT2D eigenvalue weighted by atomic mass is 14.6. The summed E-state index contributed by atoms with van der Waals surface area (Å²) in [5.41, 5.74) is 3.89. The van der Waals surface area contributed by atoms with E-state index in [9.17, 15) is 0 Å². The molecule has 0 aromatic heterocycles. The third-order valence-electron chi connectivity index (χ3n) is 1.18. The van der Waals surface area contributed by atoms with Gasteiger partial charge in [0.25, 0.3) is 0 Å². The highest BCUT2D eigenvalue weighted by Crippen LogP contribution is 2.06. The second kappa shape index (κ2) is 4.78. The summed E-state index contributed by atoms with van der Waals surface area (Å²) in [4.78, 5) is 3.51. The number of hydrogen-bond donors (Lipinski definition) is 0. The first-order valence-electron chi connectivity index (χ1n) is 3.24. The Morgan fingerprint density at radius 3 is 2.60 bits per heavy atom. The molecule has 0 aliphatic heterocycles. The van der Waals surface area contributed by atoms with Gasteiger partial charge in [-0.1, -0.05) is 20.4 Å². The minimum atomic E-state index is 0.478. The summed E-state index contributed by atoms with van der Waals surface area (Å²) in [6, 6.07) is 0. The quantitative estimate of drug-likeness (QED) is 0.320. The van der Waals surface area contributed by atoms with Gasteiger partial charge in [-0.15, -0.1) is 5.73 Å². The van der Waals surface area contributed by atoms with Crippen LogP contribution in [0.2, 0.25) is 0 Å². The van der Waals surface area contributed by atoms with Gasteiger partial charge in [-0.3, -0.25) is 4.99 Å². The number of rotatable bonds is 3. The van der Waals surface area contributed by atoms with Gasteiger partial charge >= 0.3 is 0 Å². The zero-order valence-electron chi connectivity index (χ0n) is 6.59. The van der Waals surface area contributed by atoms with Crippen molar-refractivity contribution in [1.29, 1.82) is 0 Å². The molecule has 0 rings (SSSR count). The van der Waals surface area contributed by atoms with E-state index in [0.717, 1.165) is 5.57 Å². The molecule has 0 unspecified atom stereocenters. The Labute approximate surface area is 62.5 Å². The normalized spacial score (nSPS) is 8.30. The fraction of sp³-hybridized carbons (Fsp3) is 0.333. The summed E-state index contributed by atoms with van der Waals surface area (Å²) >= 11 is 0. The van der Waals surface area contributed by atoms with Crippen molar-refractivity contribution in [2.45, 2.75) is 13.8 Å². The summed E-state index contributed by atoms with van der Waals surface area (Å²) in [5.74, 6) is 0.478. The van der Waals surface area contributed by atoms with E-state index in [0.29, 0.717) is 5.92 Å². The van der Waals surface area contributed by atoms with Gasteiger partial charge in [0.15, 0.2) is 0 Å². The molecule has 0 spiro atoms. The molecule has 1 heteroatoms. The Balaban J connectivity index is 4.02. The summed E-state index contributed by atoms with van der Waals surface area (Å²) in [7, 11) is 0. The van der Waals surface area contributed by atoms with Crippen molar-refractivity contribution in [3.8, 4) is 0 Å². The molecular formula is C9H13N. The second-order valence-corrected chi connectivity index (χ2v) is 2.35. The minimum absolute atomic E-state index is 0.478. The Hall–Kier alpha value is -1.07. The van der Waals surface area contributed by atoms with Crippen LogP contribution < -0.4 is 0 Å². The largest absolute Gasteiger partial charge is 0.264 e. The lowest BCUT2D eigenvalue weighted by atomic mass is 10.1. The van der Waals surface area contributed by atoms with Gasteiger partial charge in [0.1, 0.15) is 0 Å². The Bertz CT molecular complexity index is 181. The van der Waals surface area contributed by atoms with E-state index >= 15 is 0 Å². The fourth-order valence-corrected chi connectivity index (χ4v) is 0.364. The van der Waals surface area contributed by atoms with Crippen LogP contribution >= 0.6 is 0 Å². The van der Waals surface area contributed by atoms with Gasteiger partial charge in [-0.2, -0.15) is 0 Å². The summed E-state index contributed by atoms with van der Waals surface area (Å²) in [5, 5.41) is 0. The predicted molar refractivity (Wildman–Crippen MR) is 46.2 cm³/mol. The summed E-state index contributed by atoms with van der Waals surface area (Å²) in [6.45, 7) is 11.3. The average Bonchev–Trinajstić information content (AvgIpc) is 1.88. The van der Waals surface area contributed by atoms with Crippen molar-refractivity contribution in [3.63, 3.8) is 0 Å². The Morgan fingerprint density at radius 1 is 1.60 bits per heavy atom. The van der Waals surface area contributed by atoms with E-state index in [2.05, 4.69) is 37.9 Å². The molecule has 0 saturated carbocycles. The maximum absolute atomic E-state index is 3.83. The monoisotopic (exact) mass is 135 g/mol. The Morgan fingerprint density at radius 2 is 2.20 bits per heavy atom. The zero-order chi connectivity index (χ0) is 7.98. The van der Waals surface area contributed by atoms with E-state index in [4.69, 9.17) is 0 Å². The standard InChI is InChI=1S/C9H13N/c1-8(2)9(3)6-5-7-10-4/h6-8H,3-4H2,1-2H3. The molecule has 0 heterocycles. The van der Waals surface area contributed by atoms with Crippen LogP contribution in [0.25, 0.3) is 0 Å². The van der Waals surface area contributed by atoms with Crippen molar-refractivity contribution in [1.82, 2.24) is 0 Å². The molecule has 0 atom stereocenters. The van der Waals surface area contributed by atoms with Crippen LogP contribution in [-0.2, 0) is 0 Å². The smallest absolute Gasteiger partial charge is 0.0679 e. The van der Waals surface area contributed by atoms with E-state index in [1.807, 2.05) is 6.08 Å².